The highest BCUT2D eigenvalue weighted by atomic mass is 79.9. The minimum absolute atomic E-state index is 0.0587. The third-order valence-corrected chi connectivity index (χ3v) is 6.08. The molecule has 0 unspecified atom stereocenters. The molecule has 3 aromatic rings. The minimum Gasteiger partial charge on any atom is -0.339 e. The Kier molecular flexibility index (Phi) is 5.65. The van der Waals surface area contributed by atoms with Gasteiger partial charge in [0.2, 0.25) is 5.28 Å². The summed E-state index contributed by atoms with van der Waals surface area (Å²) in [7, 11) is -2.74. The van der Waals surface area contributed by atoms with Gasteiger partial charge in [-0.3, -0.25) is 0 Å². The van der Waals surface area contributed by atoms with Crippen molar-refractivity contribution in [1.82, 2.24) is 9.97 Å². The number of aromatic nitrogens is 2. The summed E-state index contributed by atoms with van der Waals surface area (Å²) in [5, 5.41) is 3.65. The zero-order chi connectivity index (χ0) is 19.8. The third kappa shape index (κ3) is 4.54. The molecule has 0 aliphatic carbocycles. The molecule has 0 bridgehead atoms. The fourth-order valence-electron chi connectivity index (χ4n) is 2.53. The number of hydrogen-bond acceptors (Lipinski definition) is 4. The smallest absolute Gasteiger partial charge is 0.224 e. The number of nitrogens with zero attached hydrogens (tertiary/aromatic N) is 2. The second-order valence-electron chi connectivity index (χ2n) is 6.17. The van der Waals surface area contributed by atoms with Gasteiger partial charge in [0.05, 0.1) is 10.2 Å². The molecule has 0 aliphatic rings. The van der Waals surface area contributed by atoms with Gasteiger partial charge in [-0.2, -0.15) is 4.98 Å². The van der Waals surface area contributed by atoms with Crippen molar-refractivity contribution in [2.24, 2.45) is 0 Å². The maximum absolute atomic E-state index is 14.1. The van der Waals surface area contributed by atoms with Crippen LogP contribution in [-0.4, -0.2) is 23.3 Å². The van der Waals surface area contributed by atoms with E-state index in [1.165, 1.54) is 18.3 Å². The maximum atomic E-state index is 14.1. The van der Waals surface area contributed by atoms with Crippen molar-refractivity contribution >= 4 is 51.5 Å². The predicted octanol–water partition coefficient (Wildman–Crippen LogP) is 5.83. The quantitative estimate of drug-likeness (QED) is 0.383. The van der Waals surface area contributed by atoms with Gasteiger partial charge in [-0.15, -0.1) is 0 Å². The van der Waals surface area contributed by atoms with Crippen molar-refractivity contribution in [2.75, 3.05) is 18.6 Å². The molecule has 140 valence electrons. The zero-order valence-corrected chi connectivity index (χ0v) is 17.5. The van der Waals surface area contributed by atoms with Crippen LogP contribution >= 0.6 is 34.7 Å². The van der Waals surface area contributed by atoms with E-state index in [1.807, 2.05) is 0 Å². The van der Waals surface area contributed by atoms with Gasteiger partial charge in [0.25, 0.3) is 0 Å². The van der Waals surface area contributed by atoms with Gasteiger partial charge in [0.1, 0.15) is 24.6 Å². The van der Waals surface area contributed by atoms with E-state index in [9.17, 15) is 13.3 Å². The van der Waals surface area contributed by atoms with Crippen LogP contribution in [0.5, 0.6) is 0 Å². The molecular weight excluding hydrogens is 459 g/mol. The van der Waals surface area contributed by atoms with Crippen LogP contribution in [0.1, 0.15) is 0 Å². The summed E-state index contributed by atoms with van der Waals surface area (Å²) in [5.74, 6) is -0.934. The highest BCUT2D eigenvalue weighted by Crippen LogP contribution is 2.40. The number of nitrogens with one attached hydrogen (secondary N) is 1. The lowest BCUT2D eigenvalue weighted by Gasteiger charge is -2.17. The van der Waals surface area contributed by atoms with E-state index in [4.69, 9.17) is 11.6 Å². The van der Waals surface area contributed by atoms with Crippen LogP contribution in [0.2, 0.25) is 5.28 Å². The molecule has 4 nitrogen and oxygen atoms in total. The Bertz CT molecular complexity index is 1070. The van der Waals surface area contributed by atoms with Crippen LogP contribution in [0.25, 0.3) is 11.1 Å². The van der Waals surface area contributed by atoms with E-state index >= 15 is 0 Å². The van der Waals surface area contributed by atoms with Gasteiger partial charge < -0.3 is 9.88 Å². The molecule has 2 aromatic carbocycles. The monoisotopic (exact) mass is 471 g/mol. The van der Waals surface area contributed by atoms with E-state index in [-0.39, 0.29) is 10.8 Å². The molecule has 0 fully saturated rings. The summed E-state index contributed by atoms with van der Waals surface area (Å²) in [5.41, 5.74) is 1.27. The van der Waals surface area contributed by atoms with Gasteiger partial charge in [0, 0.05) is 23.1 Å². The SMILES string of the molecule is CP(C)(=O)c1cc(-c2ccc(F)cc2F)ccc1Nc1nc(Cl)ncc1Br. The summed E-state index contributed by atoms with van der Waals surface area (Å²) in [6.07, 6.45) is 1.50. The van der Waals surface area contributed by atoms with Gasteiger partial charge in [-0.25, -0.2) is 13.8 Å². The lowest BCUT2D eigenvalue weighted by atomic mass is 10.0. The summed E-state index contributed by atoms with van der Waals surface area (Å²) in [6, 6.07) is 8.33. The second-order valence-corrected chi connectivity index (χ2v) is 10.5. The van der Waals surface area contributed by atoms with Crippen LogP contribution in [0.3, 0.4) is 0 Å². The van der Waals surface area contributed by atoms with E-state index in [0.717, 1.165) is 6.07 Å². The first-order valence-electron chi connectivity index (χ1n) is 7.75. The molecule has 3 rings (SSSR count). The van der Waals surface area contributed by atoms with Crippen molar-refractivity contribution in [3.8, 4) is 11.1 Å². The Balaban J connectivity index is 2.10. The zero-order valence-electron chi connectivity index (χ0n) is 14.3. The molecule has 0 atom stereocenters. The lowest BCUT2D eigenvalue weighted by Crippen LogP contribution is -2.11. The highest BCUT2D eigenvalue weighted by molar-refractivity contribution is 9.10. The van der Waals surface area contributed by atoms with Crippen molar-refractivity contribution in [3.63, 3.8) is 0 Å². The number of hydrogen-bond donors (Lipinski definition) is 1. The Morgan fingerprint density at radius 2 is 1.89 bits per heavy atom. The Hall–Kier alpha value is -1.82. The number of benzene rings is 2. The largest absolute Gasteiger partial charge is 0.339 e. The molecule has 1 N–H and O–H groups in total. The molecule has 1 heterocycles. The molecular formula is C18H14BrClF2N3OP. The third-order valence-electron chi connectivity index (χ3n) is 3.79. The van der Waals surface area contributed by atoms with E-state index < -0.39 is 18.8 Å². The van der Waals surface area contributed by atoms with Crippen molar-refractivity contribution in [1.29, 1.82) is 0 Å². The normalized spacial score (nSPS) is 11.5. The number of halogens is 4. The minimum atomic E-state index is -2.74. The van der Waals surface area contributed by atoms with Crippen LogP contribution in [0.4, 0.5) is 20.3 Å². The Labute approximate surface area is 168 Å². The van der Waals surface area contributed by atoms with Crippen LogP contribution in [0, 0.1) is 11.6 Å². The van der Waals surface area contributed by atoms with E-state index in [2.05, 4.69) is 31.2 Å². The van der Waals surface area contributed by atoms with Crippen LogP contribution < -0.4 is 10.6 Å². The molecule has 9 heteroatoms. The molecule has 0 radical (unpaired) electrons. The Morgan fingerprint density at radius 3 is 2.56 bits per heavy atom. The van der Waals surface area contributed by atoms with Crippen LogP contribution in [-0.2, 0) is 4.57 Å². The summed E-state index contributed by atoms with van der Waals surface area (Å²) >= 11 is 9.17. The molecule has 0 saturated heterocycles. The molecule has 0 saturated carbocycles. The van der Waals surface area contributed by atoms with Gasteiger partial charge in [-0.1, -0.05) is 6.07 Å². The first-order chi connectivity index (χ1) is 12.6. The van der Waals surface area contributed by atoms with E-state index in [1.54, 1.807) is 31.5 Å². The maximum Gasteiger partial charge on any atom is 0.224 e. The standard InChI is InChI=1S/C18H14BrClF2N3OP/c1-27(2,26)16-7-10(12-5-4-11(21)8-14(12)22)3-6-15(16)24-17-13(19)9-23-18(20)25-17/h3-9H,1-2H3,(H,23,24,25). The highest BCUT2D eigenvalue weighted by Gasteiger charge is 2.19. The lowest BCUT2D eigenvalue weighted by molar-refractivity contribution is 0.585. The molecule has 0 aliphatic heterocycles. The first kappa shape index (κ1) is 19.9. The average Bonchev–Trinajstić information content (AvgIpc) is 2.58. The summed E-state index contributed by atoms with van der Waals surface area (Å²) in [6.45, 7) is 3.22. The topological polar surface area (TPSA) is 54.9 Å². The van der Waals surface area contributed by atoms with E-state index in [0.29, 0.717) is 26.8 Å². The number of rotatable bonds is 4. The van der Waals surface area contributed by atoms with Crippen LogP contribution in [0.15, 0.2) is 47.1 Å². The van der Waals surface area contributed by atoms with Crippen molar-refractivity contribution < 1.29 is 13.3 Å². The van der Waals surface area contributed by atoms with Gasteiger partial charge in [0.15, 0.2) is 0 Å². The van der Waals surface area contributed by atoms with Gasteiger partial charge >= 0.3 is 0 Å². The molecule has 27 heavy (non-hydrogen) atoms. The summed E-state index contributed by atoms with van der Waals surface area (Å²) in [4.78, 5) is 7.96. The van der Waals surface area contributed by atoms with Crippen molar-refractivity contribution in [2.45, 2.75) is 0 Å². The molecule has 0 amide bonds. The second kappa shape index (κ2) is 7.66. The van der Waals surface area contributed by atoms with Crippen molar-refractivity contribution in [3.05, 3.63) is 64.0 Å². The predicted molar refractivity (Wildman–Crippen MR) is 109 cm³/mol. The number of anilines is 2. The Morgan fingerprint density at radius 1 is 1.15 bits per heavy atom. The van der Waals surface area contributed by atoms with Gasteiger partial charge in [-0.05, 0) is 70.7 Å². The fourth-order valence-corrected chi connectivity index (χ4v) is 4.12. The average molecular weight is 473 g/mol. The molecule has 0 spiro atoms. The molecule has 1 aromatic heterocycles. The fraction of sp³-hybridized carbons (Fsp3) is 0.111. The first-order valence-corrected chi connectivity index (χ1v) is 11.5. The summed E-state index contributed by atoms with van der Waals surface area (Å²) < 4.78 is 40.7.